The van der Waals surface area contributed by atoms with Crippen LogP contribution in [0, 0.1) is 6.92 Å². The standard InChI is InChI=1S/C26H27Cl2N3O6/c1-13(5-4-10-29)30-18-12-19(34-3)25(35-15-6-7-16(27)17(28)11-15)22-14(2)24-26(31-23(18)22)37-21(33)9-8-20(32)36-24/h6-7,11-13,30H,4-5,8-10,29H2,1-3H3. The van der Waals surface area contributed by atoms with Crippen LogP contribution < -0.4 is 30.0 Å². The van der Waals surface area contributed by atoms with Crippen molar-refractivity contribution in [3.63, 3.8) is 0 Å². The largest absolute Gasteiger partial charge is 0.493 e. The maximum Gasteiger partial charge on any atom is 0.313 e. The average molecular weight is 548 g/mol. The first-order chi connectivity index (χ1) is 17.7. The number of nitrogens with zero attached hydrogens (tertiary/aromatic N) is 1. The highest BCUT2D eigenvalue weighted by molar-refractivity contribution is 6.42. The van der Waals surface area contributed by atoms with Crippen molar-refractivity contribution in [3.8, 4) is 28.9 Å². The minimum atomic E-state index is -0.573. The van der Waals surface area contributed by atoms with E-state index >= 15 is 0 Å². The van der Waals surface area contributed by atoms with E-state index < -0.39 is 11.9 Å². The third-order valence-electron chi connectivity index (χ3n) is 5.88. The number of aromatic nitrogens is 1. The fourth-order valence-electron chi connectivity index (χ4n) is 4.02. The molecule has 0 fully saturated rings. The molecular formula is C26H27Cl2N3O6. The predicted molar refractivity (Wildman–Crippen MR) is 141 cm³/mol. The first-order valence-corrected chi connectivity index (χ1v) is 12.5. The molecule has 0 amide bonds. The summed E-state index contributed by atoms with van der Waals surface area (Å²) in [5.74, 6) is -0.0761. The van der Waals surface area contributed by atoms with E-state index in [0.717, 1.165) is 12.8 Å². The van der Waals surface area contributed by atoms with Gasteiger partial charge in [-0.2, -0.15) is 0 Å². The normalized spacial score (nSPS) is 14.2. The van der Waals surface area contributed by atoms with Gasteiger partial charge in [-0.05, 0) is 45.4 Å². The molecule has 3 N–H and O–H groups in total. The van der Waals surface area contributed by atoms with Crippen LogP contribution in [0.5, 0.6) is 28.9 Å². The average Bonchev–Trinajstić information content (AvgIpc) is 2.86. The third kappa shape index (κ3) is 5.84. The number of carbonyl (C=O) groups excluding carboxylic acids is 2. The number of anilines is 1. The number of methoxy groups -OCH3 is 1. The molecule has 2 aromatic carbocycles. The van der Waals surface area contributed by atoms with Crippen molar-refractivity contribution in [2.75, 3.05) is 19.0 Å². The van der Waals surface area contributed by atoms with Crippen LogP contribution in [-0.4, -0.2) is 36.6 Å². The van der Waals surface area contributed by atoms with E-state index in [-0.39, 0.29) is 30.5 Å². The Balaban J connectivity index is 1.96. The highest BCUT2D eigenvalue weighted by atomic mass is 35.5. The minimum Gasteiger partial charge on any atom is -0.493 e. The molecular weight excluding hydrogens is 521 g/mol. The number of rotatable bonds is 8. The van der Waals surface area contributed by atoms with Gasteiger partial charge in [0.05, 0.1) is 41.1 Å². The van der Waals surface area contributed by atoms with Crippen molar-refractivity contribution in [1.29, 1.82) is 0 Å². The van der Waals surface area contributed by atoms with Crippen molar-refractivity contribution >= 4 is 51.7 Å². The van der Waals surface area contributed by atoms with E-state index in [4.69, 9.17) is 47.9 Å². The van der Waals surface area contributed by atoms with E-state index in [1.165, 1.54) is 7.11 Å². The highest BCUT2D eigenvalue weighted by Crippen LogP contribution is 2.48. The third-order valence-corrected chi connectivity index (χ3v) is 6.61. The van der Waals surface area contributed by atoms with E-state index in [9.17, 15) is 9.59 Å². The molecule has 0 radical (unpaired) electrons. The molecule has 2 heterocycles. The summed E-state index contributed by atoms with van der Waals surface area (Å²) in [5.41, 5.74) is 7.22. The molecule has 1 aliphatic heterocycles. The molecule has 37 heavy (non-hydrogen) atoms. The lowest BCUT2D eigenvalue weighted by Crippen LogP contribution is -2.20. The summed E-state index contributed by atoms with van der Waals surface area (Å²) in [4.78, 5) is 29.2. The molecule has 0 saturated carbocycles. The lowest BCUT2D eigenvalue weighted by Gasteiger charge is -2.23. The highest BCUT2D eigenvalue weighted by Gasteiger charge is 2.28. The second-order valence-corrected chi connectivity index (χ2v) is 9.47. The van der Waals surface area contributed by atoms with Crippen molar-refractivity contribution in [3.05, 3.63) is 39.9 Å². The first kappa shape index (κ1) is 26.8. The molecule has 1 aliphatic rings. The van der Waals surface area contributed by atoms with Gasteiger partial charge >= 0.3 is 11.9 Å². The predicted octanol–water partition coefficient (Wildman–Crippen LogP) is 5.79. The Morgan fingerprint density at radius 2 is 1.86 bits per heavy atom. The van der Waals surface area contributed by atoms with Crippen LogP contribution in [0.25, 0.3) is 10.9 Å². The maximum atomic E-state index is 12.4. The van der Waals surface area contributed by atoms with Crippen molar-refractivity contribution in [1.82, 2.24) is 4.98 Å². The van der Waals surface area contributed by atoms with Crippen LogP contribution in [0.15, 0.2) is 24.3 Å². The van der Waals surface area contributed by atoms with Crippen molar-refractivity contribution in [2.45, 2.75) is 45.6 Å². The molecule has 4 rings (SSSR count). The Hall–Kier alpha value is -3.27. The molecule has 1 atom stereocenters. The van der Waals surface area contributed by atoms with Crippen LogP contribution in [0.3, 0.4) is 0 Å². The summed E-state index contributed by atoms with van der Waals surface area (Å²) in [6.07, 6.45) is 1.44. The number of hydrogen-bond acceptors (Lipinski definition) is 9. The number of benzene rings is 2. The number of pyridine rings is 1. The number of esters is 2. The van der Waals surface area contributed by atoms with Crippen LogP contribution in [0.4, 0.5) is 5.69 Å². The number of ether oxygens (including phenoxy) is 4. The zero-order valence-corrected chi connectivity index (χ0v) is 22.2. The molecule has 9 nitrogen and oxygen atoms in total. The lowest BCUT2D eigenvalue weighted by atomic mass is 10.0. The van der Waals surface area contributed by atoms with Gasteiger partial charge in [0.15, 0.2) is 17.2 Å². The molecule has 1 aromatic heterocycles. The quantitative estimate of drug-likeness (QED) is 0.337. The van der Waals surface area contributed by atoms with Crippen LogP contribution in [0.2, 0.25) is 10.0 Å². The minimum absolute atomic E-state index is 0.0416. The second-order valence-electron chi connectivity index (χ2n) is 8.65. The van der Waals surface area contributed by atoms with E-state index in [2.05, 4.69) is 10.3 Å². The monoisotopic (exact) mass is 547 g/mol. The van der Waals surface area contributed by atoms with Gasteiger partial charge in [0.1, 0.15) is 11.3 Å². The van der Waals surface area contributed by atoms with Crippen LogP contribution in [0.1, 0.15) is 38.2 Å². The van der Waals surface area contributed by atoms with Gasteiger partial charge in [-0.1, -0.05) is 23.2 Å². The Bertz CT molecular complexity index is 1360. The Morgan fingerprint density at radius 3 is 2.54 bits per heavy atom. The van der Waals surface area contributed by atoms with E-state index in [0.29, 0.717) is 56.0 Å². The number of halogens is 2. The summed E-state index contributed by atoms with van der Waals surface area (Å²) in [6.45, 7) is 4.32. The molecule has 0 saturated heterocycles. The topological polar surface area (TPSA) is 122 Å². The fraction of sp³-hybridized carbons (Fsp3) is 0.346. The number of nitrogens with one attached hydrogen (secondary N) is 1. The van der Waals surface area contributed by atoms with Gasteiger partial charge in [-0.15, -0.1) is 0 Å². The zero-order chi connectivity index (χ0) is 26.7. The van der Waals surface area contributed by atoms with Crippen LogP contribution in [-0.2, 0) is 9.59 Å². The molecule has 1 unspecified atom stereocenters. The van der Waals surface area contributed by atoms with Crippen LogP contribution >= 0.6 is 23.2 Å². The lowest BCUT2D eigenvalue weighted by molar-refractivity contribution is -0.142. The number of aryl methyl sites for hydroxylation is 1. The number of carbonyl (C=O) groups is 2. The van der Waals surface area contributed by atoms with Gasteiger partial charge in [0, 0.05) is 23.7 Å². The summed E-state index contributed by atoms with van der Waals surface area (Å²) >= 11 is 12.3. The molecule has 0 aliphatic carbocycles. The van der Waals surface area contributed by atoms with E-state index in [1.54, 1.807) is 31.2 Å². The zero-order valence-electron chi connectivity index (χ0n) is 20.7. The van der Waals surface area contributed by atoms with Gasteiger partial charge in [0.25, 0.3) is 5.88 Å². The van der Waals surface area contributed by atoms with Gasteiger partial charge in [0.2, 0.25) is 0 Å². The summed E-state index contributed by atoms with van der Waals surface area (Å²) in [5, 5.41) is 4.64. The summed E-state index contributed by atoms with van der Waals surface area (Å²) < 4.78 is 23.0. The maximum absolute atomic E-state index is 12.4. The SMILES string of the molecule is COc1cc(NC(C)CCCN)c2nc3c(c(C)c2c1Oc1ccc(Cl)c(Cl)c1)OC(=O)CCC(=O)O3. The van der Waals surface area contributed by atoms with Gasteiger partial charge < -0.3 is 30.0 Å². The second kappa shape index (κ2) is 11.4. The summed E-state index contributed by atoms with van der Waals surface area (Å²) in [7, 11) is 1.52. The fourth-order valence-corrected chi connectivity index (χ4v) is 4.31. The molecule has 11 heteroatoms. The van der Waals surface area contributed by atoms with Gasteiger partial charge in [-0.25, -0.2) is 4.98 Å². The molecule has 0 spiro atoms. The Morgan fingerprint density at radius 1 is 1.14 bits per heavy atom. The molecule has 3 aromatic rings. The smallest absolute Gasteiger partial charge is 0.313 e. The Labute approximate surface area is 224 Å². The van der Waals surface area contributed by atoms with Crippen molar-refractivity contribution < 1.29 is 28.5 Å². The van der Waals surface area contributed by atoms with Crippen molar-refractivity contribution in [2.24, 2.45) is 5.73 Å². The number of fused-ring (bicyclic) bond motifs is 2. The summed E-state index contributed by atoms with van der Waals surface area (Å²) in [6, 6.07) is 6.66. The number of nitrogens with two attached hydrogens (primary N) is 1. The number of hydrogen-bond donors (Lipinski definition) is 2. The Kier molecular flexibility index (Phi) is 8.26. The molecule has 196 valence electrons. The molecule has 0 bridgehead atoms. The van der Waals surface area contributed by atoms with Gasteiger partial charge in [-0.3, -0.25) is 9.59 Å². The van der Waals surface area contributed by atoms with E-state index in [1.807, 2.05) is 6.92 Å². The first-order valence-electron chi connectivity index (χ1n) is 11.8.